The summed E-state index contributed by atoms with van der Waals surface area (Å²) in [5.74, 6) is 0. The molecular weight excluding hydrogens is 228 g/mol. The van der Waals surface area contributed by atoms with Crippen LogP contribution >= 0.6 is 0 Å². The average Bonchev–Trinajstić information content (AvgIpc) is 2.46. The number of nitrogens with zero attached hydrogens (tertiary/aromatic N) is 2. The first-order chi connectivity index (χ1) is 8.88. The van der Waals surface area contributed by atoms with Gasteiger partial charge in [0.1, 0.15) is 5.69 Å². The standard InChI is InChI=1S/C14H14N2O2/c17-10-13-14(16-5-7-18-8-6-16)9-11-3-1-2-4-12(11)15-13/h1-4,9-10H,5-8H2. The minimum Gasteiger partial charge on any atom is -0.378 e. The summed E-state index contributed by atoms with van der Waals surface area (Å²) in [6.45, 7) is 3.01. The van der Waals surface area contributed by atoms with E-state index in [9.17, 15) is 4.79 Å². The molecule has 0 radical (unpaired) electrons. The van der Waals surface area contributed by atoms with Crippen LogP contribution in [0.5, 0.6) is 0 Å². The van der Waals surface area contributed by atoms with Crippen LogP contribution in [0.3, 0.4) is 0 Å². The Morgan fingerprint density at radius 2 is 2.00 bits per heavy atom. The quantitative estimate of drug-likeness (QED) is 0.754. The summed E-state index contributed by atoms with van der Waals surface area (Å²) in [5.41, 5.74) is 2.28. The summed E-state index contributed by atoms with van der Waals surface area (Å²) >= 11 is 0. The maximum Gasteiger partial charge on any atom is 0.170 e. The maximum absolute atomic E-state index is 11.2. The number of hydrogen-bond donors (Lipinski definition) is 0. The molecule has 3 rings (SSSR count). The number of benzene rings is 1. The molecule has 0 atom stereocenters. The molecule has 1 saturated heterocycles. The molecular formula is C14H14N2O2. The predicted octanol–water partition coefficient (Wildman–Crippen LogP) is 1.88. The number of hydrogen-bond acceptors (Lipinski definition) is 4. The molecule has 92 valence electrons. The fraction of sp³-hybridized carbons (Fsp3) is 0.286. The molecule has 0 bridgehead atoms. The van der Waals surface area contributed by atoms with Crippen LogP contribution < -0.4 is 4.90 Å². The molecule has 0 amide bonds. The van der Waals surface area contributed by atoms with Crippen molar-refractivity contribution in [3.8, 4) is 0 Å². The van der Waals surface area contributed by atoms with Crippen molar-refractivity contribution in [2.24, 2.45) is 0 Å². The second-order valence-corrected chi connectivity index (χ2v) is 4.30. The summed E-state index contributed by atoms with van der Waals surface area (Å²) in [6, 6.07) is 9.88. The van der Waals surface area contributed by atoms with Crippen molar-refractivity contribution in [3.63, 3.8) is 0 Å². The first-order valence-electron chi connectivity index (χ1n) is 6.06. The lowest BCUT2D eigenvalue weighted by Gasteiger charge is -2.29. The van der Waals surface area contributed by atoms with Crippen molar-refractivity contribution in [3.05, 3.63) is 36.0 Å². The van der Waals surface area contributed by atoms with Crippen molar-refractivity contribution in [2.45, 2.75) is 0 Å². The van der Waals surface area contributed by atoms with Crippen LogP contribution in [0.25, 0.3) is 10.9 Å². The first-order valence-corrected chi connectivity index (χ1v) is 6.06. The van der Waals surface area contributed by atoms with Crippen LogP contribution in [0, 0.1) is 0 Å². The molecule has 1 aliphatic heterocycles. The molecule has 0 aliphatic carbocycles. The van der Waals surface area contributed by atoms with Gasteiger partial charge in [0, 0.05) is 18.5 Å². The second kappa shape index (κ2) is 4.74. The number of aldehydes is 1. The number of morpholine rings is 1. The van der Waals surface area contributed by atoms with Crippen LogP contribution in [0.15, 0.2) is 30.3 Å². The van der Waals surface area contributed by atoms with Gasteiger partial charge in [0.15, 0.2) is 6.29 Å². The van der Waals surface area contributed by atoms with Crippen molar-refractivity contribution >= 4 is 22.9 Å². The third-order valence-electron chi connectivity index (χ3n) is 3.20. The highest BCUT2D eigenvalue weighted by Gasteiger charge is 2.16. The number of rotatable bonds is 2. The van der Waals surface area contributed by atoms with Crippen molar-refractivity contribution in [1.82, 2.24) is 4.98 Å². The van der Waals surface area contributed by atoms with Crippen LogP contribution in [0.1, 0.15) is 10.5 Å². The number of ether oxygens (including phenoxy) is 1. The molecule has 4 nitrogen and oxygen atoms in total. The van der Waals surface area contributed by atoms with Gasteiger partial charge in [-0.15, -0.1) is 0 Å². The van der Waals surface area contributed by atoms with Gasteiger partial charge in [-0.3, -0.25) is 4.79 Å². The molecule has 0 N–H and O–H groups in total. The highest BCUT2D eigenvalue weighted by Crippen LogP contribution is 2.24. The molecule has 1 aromatic carbocycles. The van der Waals surface area contributed by atoms with Crippen molar-refractivity contribution < 1.29 is 9.53 Å². The second-order valence-electron chi connectivity index (χ2n) is 4.30. The van der Waals surface area contributed by atoms with E-state index in [-0.39, 0.29) is 0 Å². The number of fused-ring (bicyclic) bond motifs is 1. The Bertz CT molecular complexity index is 577. The highest BCUT2D eigenvalue weighted by atomic mass is 16.5. The highest BCUT2D eigenvalue weighted by molar-refractivity contribution is 5.91. The summed E-state index contributed by atoms with van der Waals surface area (Å²) in [4.78, 5) is 17.8. The SMILES string of the molecule is O=Cc1nc2ccccc2cc1N1CCOCC1. The van der Waals surface area contributed by atoms with E-state index in [1.165, 1.54) is 0 Å². The first kappa shape index (κ1) is 11.2. The van der Waals surface area contributed by atoms with Crippen LogP contribution in [-0.2, 0) is 4.74 Å². The van der Waals surface area contributed by atoms with Gasteiger partial charge in [0.2, 0.25) is 0 Å². The summed E-state index contributed by atoms with van der Waals surface area (Å²) in [6.07, 6.45) is 0.831. The predicted molar refractivity (Wildman–Crippen MR) is 70.2 cm³/mol. The smallest absolute Gasteiger partial charge is 0.170 e. The summed E-state index contributed by atoms with van der Waals surface area (Å²) in [5, 5.41) is 1.06. The molecule has 4 heteroatoms. The van der Waals surface area contributed by atoms with Crippen molar-refractivity contribution in [1.29, 1.82) is 0 Å². The Morgan fingerprint density at radius 1 is 1.22 bits per heavy atom. The molecule has 0 unspecified atom stereocenters. The Labute approximate surface area is 105 Å². The van der Waals surface area contributed by atoms with Gasteiger partial charge < -0.3 is 9.64 Å². The lowest BCUT2D eigenvalue weighted by atomic mass is 10.1. The fourth-order valence-electron chi connectivity index (χ4n) is 2.26. The lowest BCUT2D eigenvalue weighted by Crippen LogP contribution is -2.36. The van der Waals surface area contributed by atoms with E-state index in [0.29, 0.717) is 18.9 Å². The van der Waals surface area contributed by atoms with Gasteiger partial charge >= 0.3 is 0 Å². The molecule has 2 aromatic rings. The summed E-state index contributed by atoms with van der Waals surface area (Å²) < 4.78 is 5.33. The number of pyridine rings is 1. The zero-order valence-corrected chi connectivity index (χ0v) is 10.0. The number of para-hydroxylation sites is 1. The number of aromatic nitrogens is 1. The Balaban J connectivity index is 2.10. The number of anilines is 1. The molecule has 0 spiro atoms. The van der Waals surface area contributed by atoms with Gasteiger partial charge in [0.05, 0.1) is 24.4 Å². The topological polar surface area (TPSA) is 42.4 Å². The van der Waals surface area contributed by atoms with Crippen LogP contribution in [-0.4, -0.2) is 37.6 Å². The Hall–Kier alpha value is -1.94. The van der Waals surface area contributed by atoms with E-state index in [4.69, 9.17) is 4.74 Å². The fourth-order valence-corrected chi connectivity index (χ4v) is 2.26. The monoisotopic (exact) mass is 242 g/mol. The summed E-state index contributed by atoms with van der Waals surface area (Å²) in [7, 11) is 0. The van der Waals surface area contributed by atoms with Gasteiger partial charge in [-0.25, -0.2) is 4.98 Å². The minimum atomic E-state index is 0.510. The van der Waals surface area contributed by atoms with Gasteiger partial charge in [-0.2, -0.15) is 0 Å². The molecule has 0 saturated carbocycles. The van der Waals surface area contributed by atoms with E-state index in [1.807, 2.05) is 30.3 Å². The third kappa shape index (κ3) is 1.95. The maximum atomic E-state index is 11.2. The van der Waals surface area contributed by atoms with Gasteiger partial charge in [-0.1, -0.05) is 18.2 Å². The lowest BCUT2D eigenvalue weighted by molar-refractivity contribution is 0.111. The normalized spacial score (nSPS) is 15.9. The number of carbonyl (C=O) groups excluding carboxylic acids is 1. The van der Waals surface area contributed by atoms with Gasteiger partial charge in [0.25, 0.3) is 0 Å². The van der Waals surface area contributed by atoms with E-state index in [2.05, 4.69) is 9.88 Å². The van der Waals surface area contributed by atoms with Crippen LogP contribution in [0.4, 0.5) is 5.69 Å². The number of carbonyl (C=O) groups is 1. The average molecular weight is 242 g/mol. The Morgan fingerprint density at radius 3 is 2.78 bits per heavy atom. The zero-order chi connectivity index (χ0) is 12.4. The third-order valence-corrected chi connectivity index (χ3v) is 3.20. The van der Waals surface area contributed by atoms with E-state index < -0.39 is 0 Å². The zero-order valence-electron chi connectivity index (χ0n) is 10.0. The molecule has 18 heavy (non-hydrogen) atoms. The van der Waals surface area contributed by atoms with E-state index in [0.717, 1.165) is 36.0 Å². The molecule has 1 aliphatic rings. The van der Waals surface area contributed by atoms with E-state index >= 15 is 0 Å². The van der Waals surface area contributed by atoms with Gasteiger partial charge in [-0.05, 0) is 12.1 Å². The van der Waals surface area contributed by atoms with E-state index in [1.54, 1.807) is 0 Å². The molecule has 1 fully saturated rings. The largest absolute Gasteiger partial charge is 0.378 e. The molecule has 1 aromatic heterocycles. The molecule has 2 heterocycles. The minimum absolute atomic E-state index is 0.510. The van der Waals surface area contributed by atoms with Crippen molar-refractivity contribution in [2.75, 3.05) is 31.2 Å². The Kier molecular flexibility index (Phi) is 2.94. The van der Waals surface area contributed by atoms with Crippen LogP contribution in [0.2, 0.25) is 0 Å².